The molecule has 0 radical (unpaired) electrons. The van der Waals surface area contributed by atoms with Gasteiger partial charge in [0, 0.05) is 69.0 Å². The third-order valence-corrected chi connectivity index (χ3v) is 10.5. The summed E-state index contributed by atoms with van der Waals surface area (Å²) in [5.74, 6) is 2.45. The molecule has 12 nitrogen and oxygen atoms in total. The van der Waals surface area contributed by atoms with Crippen molar-refractivity contribution in [3.63, 3.8) is 0 Å². The lowest BCUT2D eigenvalue weighted by Crippen LogP contribution is -2.07. The molecule has 0 aliphatic rings. The lowest BCUT2D eigenvalue weighted by molar-refractivity contribution is 0.407. The van der Waals surface area contributed by atoms with E-state index in [-0.39, 0.29) is 21.8 Å². The van der Waals surface area contributed by atoms with Gasteiger partial charge >= 0.3 is 0 Å². The number of hydrogen-bond acceptors (Lipinski definition) is 10. The van der Waals surface area contributed by atoms with Crippen LogP contribution in [-0.2, 0) is 47.1 Å². The van der Waals surface area contributed by atoms with Gasteiger partial charge in [0.2, 0.25) is 0 Å². The second-order valence-electron chi connectivity index (χ2n) is 11.2. The molecule has 0 spiro atoms. The normalized spacial score (nSPS) is 14.6. The molecule has 2 aromatic carbocycles. The smallest absolute Gasteiger partial charge is 0.200 e. The van der Waals surface area contributed by atoms with Gasteiger partial charge in [0.1, 0.15) is 23.0 Å². The Bertz CT molecular complexity index is 2390. The first-order valence-electron chi connectivity index (χ1n) is 18.2. The van der Waals surface area contributed by atoms with Crippen LogP contribution in [0.4, 0.5) is 0 Å². The Kier molecular flexibility index (Phi) is 8.91. The van der Waals surface area contributed by atoms with E-state index in [1.165, 1.54) is 14.2 Å². The van der Waals surface area contributed by atoms with Crippen molar-refractivity contribution in [2.75, 3.05) is 28.4 Å². The Balaban J connectivity index is 0.000000214. The molecular weight excluding hydrogens is 677 g/mol. The maximum atomic E-state index is 13.1. The van der Waals surface area contributed by atoms with Gasteiger partial charge in [-0.15, -0.1) is 0 Å². The molecule has 50 heavy (non-hydrogen) atoms. The zero-order chi connectivity index (χ0) is 41.3. The second kappa shape index (κ2) is 15.4. The fourth-order valence-corrected chi connectivity index (χ4v) is 7.78. The Morgan fingerprint density at radius 3 is 1.62 bits per heavy atom. The molecule has 0 saturated carbocycles. The molecule has 0 fully saturated rings. The molecule has 6 rings (SSSR count). The molecule has 0 N–H and O–H groups in total. The van der Waals surface area contributed by atoms with Gasteiger partial charge in [-0.1, -0.05) is 0 Å². The van der Waals surface area contributed by atoms with Crippen LogP contribution < -0.4 is 18.9 Å². The average molecular weight is 725 g/mol. The summed E-state index contributed by atoms with van der Waals surface area (Å²) < 4.78 is 96.7. The third kappa shape index (κ3) is 7.22. The summed E-state index contributed by atoms with van der Waals surface area (Å²) >= 11 is 0. The molecular formula is C36H42N6O6S2. The minimum Gasteiger partial charge on any atom is -0.497 e. The van der Waals surface area contributed by atoms with Gasteiger partial charge in [-0.3, -0.25) is 18.4 Å². The topological polar surface area (TPSA) is 132 Å². The first-order valence-corrected chi connectivity index (χ1v) is 17.9. The van der Waals surface area contributed by atoms with Gasteiger partial charge in [0.15, 0.2) is 10.3 Å². The lowest BCUT2D eigenvalue weighted by Gasteiger charge is -2.12. The van der Waals surface area contributed by atoms with Crippen LogP contribution in [0.25, 0.3) is 22.1 Å². The number of ether oxygens (including phenoxy) is 4. The number of pyridine rings is 2. The van der Waals surface area contributed by atoms with Crippen molar-refractivity contribution < 1.29 is 35.6 Å². The monoisotopic (exact) mass is 724 g/mol. The van der Waals surface area contributed by atoms with Crippen LogP contribution in [0.15, 0.2) is 59.1 Å². The number of aryl methyl sites for hydroxylation is 4. The van der Waals surface area contributed by atoms with E-state index in [2.05, 4.69) is 19.9 Å². The highest BCUT2D eigenvalue weighted by atomic mass is 32.2. The minimum atomic E-state index is -2.54. The maximum absolute atomic E-state index is 13.1. The largest absolute Gasteiger partial charge is 0.497 e. The first-order chi connectivity index (χ1) is 26.3. The lowest BCUT2D eigenvalue weighted by atomic mass is 10.1. The molecule has 6 aromatic rings. The van der Waals surface area contributed by atoms with E-state index in [0.29, 0.717) is 56.5 Å². The average Bonchev–Trinajstić information content (AvgIpc) is 3.74. The second-order valence-corrected chi connectivity index (χ2v) is 13.9. The molecule has 0 unspecified atom stereocenters. The van der Waals surface area contributed by atoms with Gasteiger partial charge in [0.25, 0.3) is 0 Å². The van der Waals surface area contributed by atoms with Crippen molar-refractivity contribution in [3.8, 4) is 23.0 Å². The predicted octanol–water partition coefficient (Wildman–Crippen LogP) is 5.82. The van der Waals surface area contributed by atoms with Crippen LogP contribution >= 0.6 is 0 Å². The van der Waals surface area contributed by atoms with Gasteiger partial charge in [-0.2, -0.15) is 0 Å². The van der Waals surface area contributed by atoms with Gasteiger partial charge in [-0.05, 0) is 52.0 Å². The van der Waals surface area contributed by atoms with Crippen LogP contribution in [0.3, 0.4) is 0 Å². The quantitative estimate of drug-likeness (QED) is 0.170. The van der Waals surface area contributed by atoms with Crippen LogP contribution in [0, 0.1) is 27.7 Å². The van der Waals surface area contributed by atoms with Crippen molar-refractivity contribution in [1.82, 2.24) is 29.1 Å². The standard InChI is InChI=1S/2C18H21N3O3S/c1-11-9-19-15(12(2)17(11)24-5)10-25(22)18-20-14-8-13(23-4)6-7-16(14)21(18)3;1-11-9-19-15(12(2)17(11)24-5)10-25(22)18-20-14-7-6-13(23-4)8-16(14)21(18)3/h2*6-9H,10H2,1-5H3/t2*25-/m00/s1/i2*3D3. The van der Waals surface area contributed by atoms with Crippen LogP contribution in [0.1, 0.15) is 41.9 Å². The Morgan fingerprint density at radius 1 is 0.640 bits per heavy atom. The van der Waals surface area contributed by atoms with Crippen molar-refractivity contribution in [2.24, 2.45) is 14.0 Å². The molecule has 4 aromatic heterocycles. The summed E-state index contributed by atoms with van der Waals surface area (Å²) in [5.41, 5.74) is 5.99. The van der Waals surface area contributed by atoms with E-state index in [4.69, 9.17) is 27.2 Å². The molecule has 4 heterocycles. The van der Waals surface area contributed by atoms with E-state index in [9.17, 15) is 8.42 Å². The van der Waals surface area contributed by atoms with Crippen molar-refractivity contribution in [3.05, 3.63) is 82.4 Å². The van der Waals surface area contributed by atoms with Crippen LogP contribution in [0.2, 0.25) is 0 Å². The van der Waals surface area contributed by atoms with E-state index in [0.717, 1.165) is 31.4 Å². The number of methoxy groups -OCH3 is 4. The zero-order valence-corrected chi connectivity index (χ0v) is 30.6. The number of nitrogens with zero attached hydrogens (tertiary/aromatic N) is 6. The van der Waals surface area contributed by atoms with Gasteiger partial charge in [0.05, 0.1) is 95.0 Å². The summed E-state index contributed by atoms with van der Waals surface area (Å²) in [6.07, 6.45) is 3.30. The fourth-order valence-electron chi connectivity index (χ4n) is 5.44. The number of fused-ring (bicyclic) bond motifs is 2. The maximum Gasteiger partial charge on any atom is 0.200 e. The van der Waals surface area contributed by atoms with Crippen LogP contribution in [-0.4, -0.2) is 65.9 Å². The fraction of sp³-hybridized carbons (Fsp3) is 0.333. The summed E-state index contributed by atoms with van der Waals surface area (Å²) in [5, 5.41) is -0.0482. The Labute approximate surface area is 305 Å². The zero-order valence-electron chi connectivity index (χ0n) is 35.0. The number of aromatic nitrogens is 6. The SMILES string of the molecule is [2H]C([2H])([2H])n1c([S@@](=O)Cc2ncc(C)c(OC)c2C)nc2cc(OC)ccc21.[2H]C([2H])([2H])n1c([S@@](=O)Cc2ncc(C)c(OC)c2C)nc2ccc(OC)cc21. The van der Waals surface area contributed by atoms with Crippen molar-refractivity contribution in [2.45, 2.75) is 49.5 Å². The highest BCUT2D eigenvalue weighted by molar-refractivity contribution is 7.84. The summed E-state index contributed by atoms with van der Waals surface area (Å²) in [6.45, 7) is 2.36. The highest BCUT2D eigenvalue weighted by Crippen LogP contribution is 2.29. The van der Waals surface area contributed by atoms with Crippen molar-refractivity contribution >= 4 is 43.7 Å². The van der Waals surface area contributed by atoms with E-state index in [1.807, 2.05) is 27.7 Å². The van der Waals surface area contributed by atoms with Crippen molar-refractivity contribution in [1.29, 1.82) is 0 Å². The van der Waals surface area contributed by atoms with Gasteiger partial charge < -0.3 is 28.1 Å². The predicted molar refractivity (Wildman–Crippen MR) is 195 cm³/mol. The molecule has 264 valence electrons. The molecule has 2 atom stereocenters. The number of rotatable bonds is 10. The Hall–Kier alpha value is -4.82. The number of imidazole rings is 2. The molecule has 0 bridgehead atoms. The highest BCUT2D eigenvalue weighted by Gasteiger charge is 2.20. The van der Waals surface area contributed by atoms with E-state index < -0.39 is 35.6 Å². The van der Waals surface area contributed by atoms with Gasteiger partial charge in [-0.25, -0.2) is 9.97 Å². The van der Waals surface area contributed by atoms with Crippen LogP contribution in [0.5, 0.6) is 23.0 Å². The molecule has 0 aliphatic carbocycles. The van der Waals surface area contributed by atoms with E-state index in [1.54, 1.807) is 63.0 Å². The number of benzene rings is 2. The molecule has 0 amide bonds. The Morgan fingerprint density at radius 2 is 1.12 bits per heavy atom. The first kappa shape index (κ1) is 29.0. The third-order valence-electron chi connectivity index (χ3n) is 8.10. The summed E-state index contributed by atoms with van der Waals surface area (Å²) in [6, 6.07) is 9.78. The molecule has 0 aliphatic heterocycles. The minimum absolute atomic E-state index is 0.0241. The molecule has 0 saturated heterocycles. The summed E-state index contributed by atoms with van der Waals surface area (Å²) in [4.78, 5) is 17.4. The molecule has 14 heteroatoms. The number of hydrogen-bond donors (Lipinski definition) is 0. The summed E-state index contributed by atoms with van der Waals surface area (Å²) in [7, 11) is 2.69. The van der Waals surface area contributed by atoms with E-state index >= 15 is 0 Å².